The molecule has 2 aliphatic carbocycles. The summed E-state index contributed by atoms with van der Waals surface area (Å²) < 4.78 is 5.72. The van der Waals surface area contributed by atoms with Gasteiger partial charge >= 0.3 is 0 Å². The van der Waals surface area contributed by atoms with E-state index in [-0.39, 0.29) is 0 Å². The van der Waals surface area contributed by atoms with Crippen LogP contribution in [0.15, 0.2) is 0 Å². The molecule has 0 radical (unpaired) electrons. The second-order valence-corrected chi connectivity index (χ2v) is 6.80. The summed E-state index contributed by atoms with van der Waals surface area (Å²) >= 11 is 0. The van der Waals surface area contributed by atoms with Gasteiger partial charge in [-0.15, -0.1) is 0 Å². The lowest BCUT2D eigenvalue weighted by molar-refractivity contribution is 0.0998. The van der Waals surface area contributed by atoms with Crippen LogP contribution in [0.2, 0.25) is 0 Å². The highest BCUT2D eigenvalue weighted by Gasteiger charge is 2.42. The van der Waals surface area contributed by atoms with Gasteiger partial charge in [-0.05, 0) is 76.2 Å². The van der Waals surface area contributed by atoms with Crippen LogP contribution < -0.4 is 5.32 Å². The molecule has 0 aromatic heterocycles. The molecule has 2 saturated carbocycles. The van der Waals surface area contributed by atoms with Gasteiger partial charge in [0.25, 0.3) is 0 Å². The highest BCUT2D eigenvalue weighted by Crippen LogP contribution is 2.50. The molecule has 18 heavy (non-hydrogen) atoms. The molecule has 3 fully saturated rings. The molecule has 0 aromatic carbocycles. The molecule has 1 N–H and O–H groups in total. The Morgan fingerprint density at radius 3 is 2.78 bits per heavy atom. The number of rotatable bonds is 6. The first kappa shape index (κ1) is 12.9. The molecule has 1 aliphatic heterocycles. The smallest absolute Gasteiger partial charge is 0.0576 e. The van der Waals surface area contributed by atoms with Gasteiger partial charge in [0.05, 0.1) is 6.10 Å². The molecule has 0 amide bonds. The maximum absolute atomic E-state index is 5.72. The fourth-order valence-corrected chi connectivity index (χ4v) is 4.80. The summed E-state index contributed by atoms with van der Waals surface area (Å²) in [6.45, 7) is 1.01. The maximum atomic E-state index is 5.72. The summed E-state index contributed by atoms with van der Waals surface area (Å²) in [5, 5.41) is 3.61. The van der Waals surface area contributed by atoms with Crippen LogP contribution in [-0.4, -0.2) is 25.8 Å². The van der Waals surface area contributed by atoms with Crippen LogP contribution in [-0.2, 0) is 4.74 Å². The Balaban J connectivity index is 1.41. The first-order chi connectivity index (χ1) is 8.86. The van der Waals surface area contributed by atoms with Gasteiger partial charge in [0.2, 0.25) is 0 Å². The Bertz CT molecular complexity index is 262. The number of hydrogen-bond acceptors (Lipinski definition) is 2. The average Bonchev–Trinajstić information content (AvgIpc) is 3.11. The molecule has 1 heterocycles. The van der Waals surface area contributed by atoms with E-state index in [2.05, 4.69) is 12.4 Å². The minimum Gasteiger partial charge on any atom is -0.378 e. The quantitative estimate of drug-likeness (QED) is 0.781. The Labute approximate surface area is 112 Å². The standard InChI is InChI=1S/C16H29NO/c1-17-16(6-2-4-14-5-3-9-18-14)15-11-12-7-8-13(15)10-12/h12-17H,2-11H2,1H3. The number of nitrogens with one attached hydrogen (secondary N) is 1. The highest BCUT2D eigenvalue weighted by atomic mass is 16.5. The van der Waals surface area contributed by atoms with E-state index in [4.69, 9.17) is 4.74 Å². The van der Waals surface area contributed by atoms with Gasteiger partial charge in [-0.25, -0.2) is 0 Å². The van der Waals surface area contributed by atoms with Crippen LogP contribution in [0.3, 0.4) is 0 Å². The summed E-state index contributed by atoms with van der Waals surface area (Å²) in [7, 11) is 2.17. The van der Waals surface area contributed by atoms with E-state index in [1.807, 2.05) is 0 Å². The van der Waals surface area contributed by atoms with Gasteiger partial charge in [0, 0.05) is 12.6 Å². The van der Waals surface area contributed by atoms with E-state index in [1.54, 1.807) is 0 Å². The first-order valence-electron chi connectivity index (χ1n) is 8.15. The fraction of sp³-hybridized carbons (Fsp3) is 1.00. The van der Waals surface area contributed by atoms with E-state index in [9.17, 15) is 0 Å². The molecule has 5 atom stereocenters. The monoisotopic (exact) mass is 251 g/mol. The van der Waals surface area contributed by atoms with E-state index in [0.717, 1.165) is 30.4 Å². The summed E-state index contributed by atoms with van der Waals surface area (Å²) in [5.41, 5.74) is 0. The zero-order chi connectivity index (χ0) is 12.4. The second-order valence-electron chi connectivity index (χ2n) is 6.80. The Hall–Kier alpha value is -0.0800. The summed E-state index contributed by atoms with van der Waals surface area (Å²) in [4.78, 5) is 0. The Morgan fingerprint density at radius 1 is 1.22 bits per heavy atom. The van der Waals surface area contributed by atoms with Crippen molar-refractivity contribution >= 4 is 0 Å². The average molecular weight is 251 g/mol. The van der Waals surface area contributed by atoms with Gasteiger partial charge in [-0.3, -0.25) is 0 Å². The van der Waals surface area contributed by atoms with Crippen molar-refractivity contribution in [2.75, 3.05) is 13.7 Å². The van der Waals surface area contributed by atoms with Gasteiger partial charge in [-0.1, -0.05) is 6.42 Å². The van der Waals surface area contributed by atoms with Gasteiger partial charge < -0.3 is 10.1 Å². The largest absolute Gasteiger partial charge is 0.378 e. The molecule has 2 bridgehead atoms. The van der Waals surface area contributed by atoms with Crippen molar-refractivity contribution in [2.24, 2.45) is 17.8 Å². The van der Waals surface area contributed by atoms with Crippen molar-refractivity contribution in [1.29, 1.82) is 0 Å². The van der Waals surface area contributed by atoms with Crippen molar-refractivity contribution in [3.8, 4) is 0 Å². The van der Waals surface area contributed by atoms with Crippen LogP contribution in [0.5, 0.6) is 0 Å². The third-order valence-corrected chi connectivity index (χ3v) is 5.75. The number of fused-ring (bicyclic) bond motifs is 2. The summed E-state index contributed by atoms with van der Waals surface area (Å²) in [5.74, 6) is 3.11. The van der Waals surface area contributed by atoms with Gasteiger partial charge in [0.15, 0.2) is 0 Å². The van der Waals surface area contributed by atoms with E-state index < -0.39 is 0 Å². The zero-order valence-corrected chi connectivity index (χ0v) is 11.9. The third-order valence-electron chi connectivity index (χ3n) is 5.75. The molecule has 0 aromatic rings. The number of ether oxygens (including phenoxy) is 1. The minimum absolute atomic E-state index is 0.586. The third kappa shape index (κ3) is 2.75. The SMILES string of the molecule is CNC(CCCC1CCCO1)C1CC2CCC1C2. The molecule has 2 heteroatoms. The minimum atomic E-state index is 0.586. The molecule has 104 valence electrons. The lowest BCUT2D eigenvalue weighted by Gasteiger charge is -2.30. The lowest BCUT2D eigenvalue weighted by Crippen LogP contribution is -2.36. The van der Waals surface area contributed by atoms with Crippen LogP contribution in [0.1, 0.15) is 57.8 Å². The molecular weight excluding hydrogens is 222 g/mol. The summed E-state index contributed by atoms with van der Waals surface area (Å²) in [6, 6.07) is 0.779. The fourth-order valence-electron chi connectivity index (χ4n) is 4.80. The van der Waals surface area contributed by atoms with Crippen molar-refractivity contribution in [2.45, 2.75) is 69.9 Å². The second kappa shape index (κ2) is 5.92. The lowest BCUT2D eigenvalue weighted by atomic mass is 9.81. The van der Waals surface area contributed by atoms with Crippen molar-refractivity contribution in [1.82, 2.24) is 5.32 Å². The maximum Gasteiger partial charge on any atom is 0.0576 e. The predicted octanol–water partition coefficient (Wildman–Crippen LogP) is 3.36. The van der Waals surface area contributed by atoms with Crippen LogP contribution in [0.4, 0.5) is 0 Å². The normalized spacial score (nSPS) is 40.5. The molecular formula is C16H29NO. The van der Waals surface area contributed by atoms with Crippen LogP contribution in [0.25, 0.3) is 0 Å². The zero-order valence-electron chi connectivity index (χ0n) is 11.9. The predicted molar refractivity (Wildman–Crippen MR) is 74.6 cm³/mol. The van der Waals surface area contributed by atoms with Gasteiger partial charge in [-0.2, -0.15) is 0 Å². The molecule has 3 aliphatic rings. The number of hydrogen-bond donors (Lipinski definition) is 1. The summed E-state index contributed by atoms with van der Waals surface area (Å²) in [6.07, 6.45) is 13.3. The Kier molecular flexibility index (Phi) is 4.25. The van der Waals surface area contributed by atoms with E-state index >= 15 is 0 Å². The van der Waals surface area contributed by atoms with Crippen LogP contribution >= 0.6 is 0 Å². The molecule has 1 saturated heterocycles. The molecule has 0 spiro atoms. The van der Waals surface area contributed by atoms with Crippen LogP contribution in [0, 0.1) is 17.8 Å². The highest BCUT2D eigenvalue weighted by molar-refractivity contribution is 4.95. The Morgan fingerprint density at radius 2 is 2.17 bits per heavy atom. The van der Waals surface area contributed by atoms with E-state index in [1.165, 1.54) is 57.8 Å². The molecule has 3 rings (SSSR count). The van der Waals surface area contributed by atoms with Crippen molar-refractivity contribution < 1.29 is 4.74 Å². The van der Waals surface area contributed by atoms with Crippen molar-refractivity contribution in [3.05, 3.63) is 0 Å². The molecule has 2 nitrogen and oxygen atoms in total. The molecule has 5 unspecified atom stereocenters. The van der Waals surface area contributed by atoms with Gasteiger partial charge in [0.1, 0.15) is 0 Å². The first-order valence-corrected chi connectivity index (χ1v) is 8.15. The van der Waals surface area contributed by atoms with E-state index in [0.29, 0.717) is 6.10 Å². The topological polar surface area (TPSA) is 21.3 Å². The van der Waals surface area contributed by atoms with Crippen molar-refractivity contribution in [3.63, 3.8) is 0 Å².